The van der Waals surface area contributed by atoms with Gasteiger partial charge < -0.3 is 10.5 Å². The maximum absolute atomic E-state index is 14.3. The molecule has 0 saturated carbocycles. The van der Waals surface area contributed by atoms with Gasteiger partial charge in [0.15, 0.2) is 5.82 Å². The fourth-order valence-electron chi connectivity index (χ4n) is 3.53. The highest BCUT2D eigenvalue weighted by atomic mass is 35.5. The van der Waals surface area contributed by atoms with E-state index >= 15 is 0 Å². The molecule has 2 N–H and O–H groups in total. The number of benzene rings is 1. The van der Waals surface area contributed by atoms with Gasteiger partial charge in [-0.1, -0.05) is 24.1 Å². The maximum Gasteiger partial charge on any atom is 0.246 e. The molecule has 24 heavy (non-hydrogen) atoms. The number of nitrogens with zero attached hydrogens (tertiary/aromatic N) is 1. The third-order valence-electron chi connectivity index (χ3n) is 4.79. The highest BCUT2D eigenvalue weighted by Crippen LogP contribution is 2.33. The van der Waals surface area contributed by atoms with E-state index in [1.54, 1.807) is 0 Å². The molecule has 3 atom stereocenters. The van der Waals surface area contributed by atoms with Crippen molar-refractivity contribution in [2.45, 2.75) is 55.2 Å². The van der Waals surface area contributed by atoms with Crippen molar-refractivity contribution in [2.24, 2.45) is 5.73 Å². The quantitative estimate of drug-likeness (QED) is 0.879. The van der Waals surface area contributed by atoms with Gasteiger partial charge in [0.2, 0.25) is 10.0 Å². The summed E-state index contributed by atoms with van der Waals surface area (Å²) in [6.45, 7) is 0.885. The van der Waals surface area contributed by atoms with Gasteiger partial charge in [-0.25, -0.2) is 12.8 Å². The normalized spacial score (nSPS) is 29.5. The minimum absolute atomic E-state index is 0.0122. The SMILES string of the molecule is NC1CCOC(C2CCCCN2S(=O)(=O)c2cccc(Cl)c2F)C1. The molecule has 3 rings (SSSR count). The standard InChI is InChI=1S/C16H22ClFN2O3S/c17-12-4-3-6-15(16(12)18)24(21,22)20-8-2-1-5-13(20)14-10-11(19)7-9-23-14/h3-4,6,11,13-14H,1-2,5,7-10,19H2. The van der Waals surface area contributed by atoms with Gasteiger partial charge in [-0.05, 0) is 37.8 Å². The first kappa shape index (κ1) is 18.1. The lowest BCUT2D eigenvalue weighted by molar-refractivity contribution is -0.0386. The van der Waals surface area contributed by atoms with Crippen LogP contribution in [0.4, 0.5) is 4.39 Å². The number of piperidine rings is 1. The zero-order valence-electron chi connectivity index (χ0n) is 13.3. The average molecular weight is 377 g/mol. The number of rotatable bonds is 3. The highest BCUT2D eigenvalue weighted by Gasteiger charge is 2.41. The van der Waals surface area contributed by atoms with E-state index in [0.717, 1.165) is 19.3 Å². The van der Waals surface area contributed by atoms with Crippen molar-refractivity contribution in [2.75, 3.05) is 13.2 Å². The summed E-state index contributed by atoms with van der Waals surface area (Å²) in [7, 11) is -3.98. The van der Waals surface area contributed by atoms with Crippen LogP contribution < -0.4 is 5.73 Å². The average Bonchev–Trinajstić information content (AvgIpc) is 2.57. The molecule has 0 bridgehead atoms. The number of ether oxygens (including phenoxy) is 1. The summed E-state index contributed by atoms with van der Waals surface area (Å²) in [5, 5.41) is -0.194. The van der Waals surface area contributed by atoms with Crippen LogP contribution in [0.3, 0.4) is 0 Å². The zero-order chi connectivity index (χ0) is 17.3. The number of halogens is 2. The Balaban J connectivity index is 1.93. The van der Waals surface area contributed by atoms with Crippen molar-refractivity contribution in [3.8, 4) is 0 Å². The molecule has 0 spiro atoms. The minimum atomic E-state index is -3.98. The van der Waals surface area contributed by atoms with Crippen LogP contribution in [-0.4, -0.2) is 44.1 Å². The molecule has 0 radical (unpaired) electrons. The Kier molecular flexibility index (Phi) is 5.46. The van der Waals surface area contributed by atoms with Crippen LogP contribution in [0.2, 0.25) is 5.02 Å². The molecule has 0 aromatic heterocycles. The first-order valence-corrected chi connectivity index (χ1v) is 10.1. The second-order valence-electron chi connectivity index (χ2n) is 6.42. The van der Waals surface area contributed by atoms with E-state index in [9.17, 15) is 12.8 Å². The second-order valence-corrected chi connectivity index (χ2v) is 8.69. The van der Waals surface area contributed by atoms with Crippen LogP contribution in [0, 0.1) is 5.82 Å². The summed E-state index contributed by atoms with van der Waals surface area (Å²) < 4.78 is 47.5. The lowest BCUT2D eigenvalue weighted by atomic mass is 9.93. The topological polar surface area (TPSA) is 72.6 Å². The molecule has 5 nitrogen and oxygen atoms in total. The van der Waals surface area contributed by atoms with Gasteiger partial charge in [0, 0.05) is 19.2 Å². The van der Waals surface area contributed by atoms with E-state index < -0.39 is 15.8 Å². The Labute approximate surface area is 147 Å². The molecular formula is C16H22ClFN2O3S. The Hall–Kier alpha value is -0.730. The predicted molar refractivity (Wildman–Crippen MR) is 89.9 cm³/mol. The Morgan fingerprint density at radius 1 is 1.29 bits per heavy atom. The number of hydrogen-bond acceptors (Lipinski definition) is 4. The fraction of sp³-hybridized carbons (Fsp3) is 0.625. The summed E-state index contributed by atoms with van der Waals surface area (Å²) in [5.74, 6) is -0.898. The second kappa shape index (κ2) is 7.25. The zero-order valence-corrected chi connectivity index (χ0v) is 14.9. The van der Waals surface area contributed by atoms with Crippen LogP contribution in [0.25, 0.3) is 0 Å². The lowest BCUT2D eigenvalue weighted by Gasteiger charge is -2.41. The summed E-state index contributed by atoms with van der Waals surface area (Å²) in [6, 6.07) is 3.75. The first-order valence-electron chi connectivity index (χ1n) is 8.24. The monoisotopic (exact) mass is 376 g/mol. The summed E-state index contributed by atoms with van der Waals surface area (Å²) in [4.78, 5) is -0.373. The maximum atomic E-state index is 14.3. The van der Waals surface area contributed by atoms with E-state index in [2.05, 4.69) is 0 Å². The van der Waals surface area contributed by atoms with E-state index in [1.165, 1.54) is 22.5 Å². The van der Waals surface area contributed by atoms with E-state index in [-0.39, 0.29) is 28.1 Å². The fourth-order valence-corrected chi connectivity index (χ4v) is 5.57. The largest absolute Gasteiger partial charge is 0.376 e. The molecular weight excluding hydrogens is 355 g/mol. The number of hydrogen-bond donors (Lipinski definition) is 1. The van der Waals surface area contributed by atoms with Crippen molar-refractivity contribution in [1.82, 2.24) is 4.31 Å². The summed E-state index contributed by atoms with van der Waals surface area (Å²) in [5.41, 5.74) is 6.02. The lowest BCUT2D eigenvalue weighted by Crippen LogP contribution is -2.53. The third-order valence-corrected chi connectivity index (χ3v) is 7.02. The Morgan fingerprint density at radius 2 is 2.08 bits per heavy atom. The van der Waals surface area contributed by atoms with Crippen molar-refractivity contribution >= 4 is 21.6 Å². The molecule has 0 aliphatic carbocycles. The van der Waals surface area contributed by atoms with Crippen molar-refractivity contribution in [3.05, 3.63) is 29.0 Å². The van der Waals surface area contributed by atoms with Crippen LogP contribution in [0.1, 0.15) is 32.1 Å². The van der Waals surface area contributed by atoms with Crippen molar-refractivity contribution in [3.63, 3.8) is 0 Å². The van der Waals surface area contributed by atoms with Gasteiger partial charge in [-0.3, -0.25) is 0 Å². The van der Waals surface area contributed by atoms with Crippen LogP contribution in [0.15, 0.2) is 23.1 Å². The molecule has 2 aliphatic heterocycles. The predicted octanol–water partition coefficient (Wildman–Crippen LogP) is 2.53. The number of nitrogens with two attached hydrogens (primary N) is 1. The Bertz CT molecular complexity index is 701. The summed E-state index contributed by atoms with van der Waals surface area (Å²) >= 11 is 5.76. The van der Waals surface area contributed by atoms with Crippen LogP contribution in [-0.2, 0) is 14.8 Å². The van der Waals surface area contributed by atoms with Gasteiger partial charge in [-0.15, -0.1) is 0 Å². The van der Waals surface area contributed by atoms with Crippen molar-refractivity contribution < 1.29 is 17.5 Å². The molecule has 2 aliphatic rings. The molecule has 1 aromatic rings. The molecule has 134 valence electrons. The van der Waals surface area contributed by atoms with E-state index in [1.807, 2.05) is 0 Å². The molecule has 2 saturated heterocycles. The molecule has 0 amide bonds. The third kappa shape index (κ3) is 3.46. The minimum Gasteiger partial charge on any atom is -0.376 e. The van der Waals surface area contributed by atoms with Gasteiger partial charge >= 0.3 is 0 Å². The molecule has 1 aromatic carbocycles. The summed E-state index contributed by atoms with van der Waals surface area (Å²) in [6.07, 6.45) is 3.51. The van der Waals surface area contributed by atoms with Gasteiger partial charge in [0.25, 0.3) is 0 Å². The molecule has 8 heteroatoms. The smallest absolute Gasteiger partial charge is 0.246 e. The van der Waals surface area contributed by atoms with Crippen LogP contribution in [0.5, 0.6) is 0 Å². The molecule has 2 fully saturated rings. The molecule has 3 unspecified atom stereocenters. The highest BCUT2D eigenvalue weighted by molar-refractivity contribution is 7.89. The van der Waals surface area contributed by atoms with Gasteiger partial charge in [0.05, 0.1) is 17.2 Å². The van der Waals surface area contributed by atoms with E-state index in [0.29, 0.717) is 26.0 Å². The van der Waals surface area contributed by atoms with Gasteiger partial charge in [-0.2, -0.15) is 4.31 Å². The van der Waals surface area contributed by atoms with E-state index in [4.69, 9.17) is 22.1 Å². The number of sulfonamides is 1. The Morgan fingerprint density at radius 3 is 2.83 bits per heavy atom. The van der Waals surface area contributed by atoms with Crippen molar-refractivity contribution in [1.29, 1.82) is 0 Å². The first-order chi connectivity index (χ1) is 11.4. The van der Waals surface area contributed by atoms with Gasteiger partial charge in [0.1, 0.15) is 4.90 Å². The molecule has 2 heterocycles. The van der Waals surface area contributed by atoms with Crippen LogP contribution >= 0.6 is 11.6 Å².